The van der Waals surface area contributed by atoms with Gasteiger partial charge in [-0.2, -0.15) is 0 Å². The van der Waals surface area contributed by atoms with Crippen LogP contribution in [0.5, 0.6) is 5.75 Å². The molecule has 0 saturated carbocycles. The zero-order valence-corrected chi connectivity index (χ0v) is 15.5. The number of aromatic nitrogens is 2. The number of methoxy groups -OCH3 is 2. The van der Waals surface area contributed by atoms with Crippen molar-refractivity contribution in [2.75, 3.05) is 14.2 Å². The number of carbonyl (C=O) groups excluding carboxylic acids is 1. The standard InChI is InChI=1S/C19H20N2O3S/c1-19(2,18(22)24-4)25-16-6-5-11-21-12-15(20-17(16)21)13-7-9-14(23-3)10-8-13/h5-12H,1-4H3. The average molecular weight is 356 g/mol. The highest BCUT2D eigenvalue weighted by atomic mass is 32.2. The molecule has 0 radical (unpaired) electrons. The van der Waals surface area contributed by atoms with Gasteiger partial charge in [-0.1, -0.05) is 0 Å². The van der Waals surface area contributed by atoms with Crippen LogP contribution in [0.15, 0.2) is 53.7 Å². The van der Waals surface area contributed by atoms with Crippen LogP contribution in [-0.2, 0) is 9.53 Å². The first kappa shape index (κ1) is 17.4. The fourth-order valence-electron chi connectivity index (χ4n) is 2.53. The Labute approximate surface area is 151 Å². The maximum absolute atomic E-state index is 12.0. The number of carbonyl (C=O) groups is 1. The van der Waals surface area contributed by atoms with Gasteiger partial charge in [0.25, 0.3) is 0 Å². The summed E-state index contributed by atoms with van der Waals surface area (Å²) in [6.07, 6.45) is 3.93. The van der Waals surface area contributed by atoms with Gasteiger partial charge in [0.1, 0.15) is 10.5 Å². The van der Waals surface area contributed by atoms with E-state index >= 15 is 0 Å². The molecule has 2 heterocycles. The van der Waals surface area contributed by atoms with E-state index in [-0.39, 0.29) is 5.97 Å². The number of imidazole rings is 1. The van der Waals surface area contributed by atoms with Gasteiger partial charge in [0.05, 0.1) is 24.8 Å². The van der Waals surface area contributed by atoms with Crippen molar-refractivity contribution in [1.29, 1.82) is 0 Å². The van der Waals surface area contributed by atoms with E-state index in [4.69, 9.17) is 14.5 Å². The lowest BCUT2D eigenvalue weighted by molar-refractivity contribution is -0.142. The van der Waals surface area contributed by atoms with E-state index in [1.165, 1.54) is 18.9 Å². The molecule has 2 aromatic heterocycles. The van der Waals surface area contributed by atoms with E-state index in [0.717, 1.165) is 27.5 Å². The molecule has 0 saturated heterocycles. The number of rotatable bonds is 5. The molecule has 0 amide bonds. The number of hydrogen-bond acceptors (Lipinski definition) is 5. The number of ether oxygens (including phenoxy) is 2. The fraction of sp³-hybridized carbons (Fsp3) is 0.263. The van der Waals surface area contributed by atoms with Gasteiger partial charge in [-0.15, -0.1) is 11.8 Å². The number of thioether (sulfide) groups is 1. The second-order valence-corrected chi connectivity index (χ2v) is 7.73. The summed E-state index contributed by atoms with van der Waals surface area (Å²) in [7, 11) is 3.05. The Morgan fingerprint density at radius 1 is 1.16 bits per heavy atom. The van der Waals surface area contributed by atoms with Crippen LogP contribution in [-0.4, -0.2) is 34.3 Å². The molecule has 130 valence electrons. The molecule has 0 aliphatic heterocycles. The largest absolute Gasteiger partial charge is 0.497 e. The maximum Gasteiger partial charge on any atom is 0.321 e. The third-order valence-electron chi connectivity index (χ3n) is 3.87. The number of pyridine rings is 1. The van der Waals surface area contributed by atoms with E-state index in [2.05, 4.69) is 0 Å². The molecule has 0 fully saturated rings. The monoisotopic (exact) mass is 356 g/mol. The molecule has 1 aromatic carbocycles. The zero-order chi connectivity index (χ0) is 18.0. The summed E-state index contributed by atoms with van der Waals surface area (Å²) in [4.78, 5) is 17.7. The van der Waals surface area contributed by atoms with E-state index < -0.39 is 4.75 Å². The minimum Gasteiger partial charge on any atom is -0.497 e. The highest BCUT2D eigenvalue weighted by molar-refractivity contribution is 8.01. The van der Waals surface area contributed by atoms with Crippen molar-refractivity contribution < 1.29 is 14.3 Å². The molecule has 0 bridgehead atoms. The first-order chi connectivity index (χ1) is 11.9. The normalized spacial score (nSPS) is 11.5. The van der Waals surface area contributed by atoms with Crippen molar-refractivity contribution in [3.63, 3.8) is 0 Å². The molecule has 0 spiro atoms. The van der Waals surface area contributed by atoms with Gasteiger partial charge < -0.3 is 13.9 Å². The SMILES string of the molecule is COC(=O)C(C)(C)Sc1cccn2cc(-c3ccc(OC)cc3)nc12. The molecule has 5 nitrogen and oxygen atoms in total. The van der Waals surface area contributed by atoms with Gasteiger partial charge in [-0.3, -0.25) is 4.79 Å². The minimum atomic E-state index is -0.692. The van der Waals surface area contributed by atoms with E-state index in [1.54, 1.807) is 7.11 Å². The Morgan fingerprint density at radius 2 is 1.88 bits per heavy atom. The molecular formula is C19H20N2O3S. The first-order valence-electron chi connectivity index (χ1n) is 7.84. The minimum absolute atomic E-state index is 0.263. The van der Waals surface area contributed by atoms with Crippen LogP contribution in [0.1, 0.15) is 13.8 Å². The van der Waals surface area contributed by atoms with Gasteiger partial charge in [-0.05, 0) is 50.2 Å². The van der Waals surface area contributed by atoms with Gasteiger partial charge in [0.2, 0.25) is 0 Å². The second kappa shape index (κ2) is 6.80. The van der Waals surface area contributed by atoms with E-state index in [9.17, 15) is 4.79 Å². The summed E-state index contributed by atoms with van der Waals surface area (Å²) in [6, 6.07) is 11.7. The lowest BCUT2D eigenvalue weighted by Crippen LogP contribution is -2.28. The van der Waals surface area contributed by atoms with Crippen molar-refractivity contribution in [3.05, 3.63) is 48.8 Å². The summed E-state index contributed by atoms with van der Waals surface area (Å²) in [5.41, 5.74) is 2.69. The molecule has 25 heavy (non-hydrogen) atoms. The topological polar surface area (TPSA) is 52.8 Å². The lowest BCUT2D eigenvalue weighted by Gasteiger charge is -2.20. The maximum atomic E-state index is 12.0. The number of benzene rings is 1. The number of fused-ring (bicyclic) bond motifs is 1. The lowest BCUT2D eigenvalue weighted by atomic mass is 10.2. The number of esters is 1. The first-order valence-corrected chi connectivity index (χ1v) is 8.66. The van der Waals surface area contributed by atoms with Crippen LogP contribution in [0.2, 0.25) is 0 Å². The van der Waals surface area contributed by atoms with Gasteiger partial charge in [-0.25, -0.2) is 4.98 Å². The van der Waals surface area contributed by atoms with Crippen molar-refractivity contribution in [3.8, 4) is 17.0 Å². The molecule has 3 aromatic rings. The Hall–Kier alpha value is -2.47. The van der Waals surface area contributed by atoms with Crippen LogP contribution in [0.25, 0.3) is 16.9 Å². The Balaban J connectivity index is 1.99. The van der Waals surface area contributed by atoms with Crippen LogP contribution < -0.4 is 4.74 Å². The summed E-state index contributed by atoms with van der Waals surface area (Å²) in [5.74, 6) is 0.546. The summed E-state index contributed by atoms with van der Waals surface area (Å²) >= 11 is 1.44. The smallest absolute Gasteiger partial charge is 0.321 e. The summed E-state index contributed by atoms with van der Waals surface area (Å²) in [6.45, 7) is 3.70. The predicted octanol–water partition coefficient (Wildman–Crippen LogP) is 4.05. The van der Waals surface area contributed by atoms with Gasteiger partial charge in [0.15, 0.2) is 5.65 Å². The molecule has 0 unspecified atom stereocenters. The van der Waals surface area contributed by atoms with Crippen molar-refractivity contribution >= 4 is 23.4 Å². The third kappa shape index (κ3) is 3.49. The van der Waals surface area contributed by atoms with Gasteiger partial charge >= 0.3 is 5.97 Å². The van der Waals surface area contributed by atoms with Crippen molar-refractivity contribution in [2.45, 2.75) is 23.5 Å². The Bertz CT molecular complexity index is 901. The highest BCUT2D eigenvalue weighted by Gasteiger charge is 2.31. The van der Waals surface area contributed by atoms with E-state index in [0.29, 0.717) is 0 Å². The number of hydrogen-bond donors (Lipinski definition) is 0. The molecule has 0 N–H and O–H groups in total. The Morgan fingerprint density at radius 3 is 2.52 bits per heavy atom. The molecule has 0 aliphatic rings. The van der Waals surface area contributed by atoms with Crippen LogP contribution >= 0.6 is 11.8 Å². The number of nitrogens with zero attached hydrogens (tertiary/aromatic N) is 2. The fourth-order valence-corrected chi connectivity index (χ4v) is 3.64. The second-order valence-electron chi connectivity index (χ2n) is 6.06. The van der Waals surface area contributed by atoms with E-state index in [1.807, 2.05) is 67.0 Å². The Kier molecular flexibility index (Phi) is 4.72. The van der Waals surface area contributed by atoms with Crippen LogP contribution in [0, 0.1) is 0 Å². The zero-order valence-electron chi connectivity index (χ0n) is 14.6. The highest BCUT2D eigenvalue weighted by Crippen LogP contribution is 2.36. The molecule has 3 rings (SSSR count). The van der Waals surface area contributed by atoms with Crippen molar-refractivity contribution in [1.82, 2.24) is 9.38 Å². The molecular weight excluding hydrogens is 336 g/mol. The van der Waals surface area contributed by atoms with Gasteiger partial charge in [0, 0.05) is 18.0 Å². The molecule has 0 atom stereocenters. The average Bonchev–Trinajstić information content (AvgIpc) is 3.06. The van der Waals surface area contributed by atoms with Crippen LogP contribution in [0.4, 0.5) is 0 Å². The van der Waals surface area contributed by atoms with Crippen LogP contribution in [0.3, 0.4) is 0 Å². The summed E-state index contributed by atoms with van der Waals surface area (Å²) in [5, 5.41) is 0. The summed E-state index contributed by atoms with van der Waals surface area (Å²) < 4.78 is 11.4. The predicted molar refractivity (Wildman–Crippen MR) is 99.1 cm³/mol. The quantitative estimate of drug-likeness (QED) is 0.510. The molecule has 6 heteroatoms. The van der Waals surface area contributed by atoms with Crippen molar-refractivity contribution in [2.24, 2.45) is 0 Å². The molecule has 0 aliphatic carbocycles. The third-order valence-corrected chi connectivity index (χ3v) is 5.09.